The lowest BCUT2D eigenvalue weighted by Gasteiger charge is -2.10. The first-order valence-electron chi connectivity index (χ1n) is 13.8. The van der Waals surface area contributed by atoms with Gasteiger partial charge in [0.05, 0.1) is 22.1 Å². The molecular formula is C38H24N2. The van der Waals surface area contributed by atoms with Crippen LogP contribution in [0.25, 0.3) is 76.5 Å². The third-order valence-corrected chi connectivity index (χ3v) is 8.43. The number of hydrogen-bond acceptors (Lipinski definition) is 0. The topological polar surface area (TPSA) is 9.86 Å². The van der Waals surface area contributed by atoms with Crippen LogP contribution in [0.5, 0.6) is 0 Å². The van der Waals surface area contributed by atoms with Crippen molar-refractivity contribution >= 4 is 65.2 Å². The van der Waals surface area contributed by atoms with Gasteiger partial charge >= 0.3 is 0 Å². The fraction of sp³-hybridized carbons (Fsp3) is 0. The molecule has 0 spiro atoms. The molecule has 9 rings (SSSR count). The average Bonchev–Trinajstić information content (AvgIpc) is 3.51. The summed E-state index contributed by atoms with van der Waals surface area (Å²) < 4.78 is 4.82. The highest BCUT2D eigenvalue weighted by Gasteiger charge is 2.17. The molecule has 0 aliphatic heterocycles. The summed E-state index contributed by atoms with van der Waals surface area (Å²) in [6.07, 6.45) is 0. The number of para-hydroxylation sites is 3. The normalized spacial score (nSPS) is 12.0. The van der Waals surface area contributed by atoms with E-state index in [1.165, 1.54) is 76.5 Å². The number of nitrogens with zero attached hydrogens (tertiary/aromatic N) is 2. The maximum atomic E-state index is 2.42. The zero-order valence-electron chi connectivity index (χ0n) is 21.8. The van der Waals surface area contributed by atoms with Crippen LogP contribution < -0.4 is 0 Å². The fourth-order valence-electron chi connectivity index (χ4n) is 6.63. The maximum Gasteiger partial charge on any atom is 0.0547 e. The van der Waals surface area contributed by atoms with Crippen LogP contribution in [0.4, 0.5) is 0 Å². The molecule has 0 saturated heterocycles. The summed E-state index contributed by atoms with van der Waals surface area (Å²) in [6.45, 7) is 0. The maximum absolute atomic E-state index is 2.42. The summed E-state index contributed by atoms with van der Waals surface area (Å²) in [6, 6.07) is 53.1. The zero-order chi connectivity index (χ0) is 26.2. The van der Waals surface area contributed by atoms with Crippen LogP contribution in [0.15, 0.2) is 146 Å². The molecule has 0 fully saturated rings. The molecule has 7 aromatic carbocycles. The molecule has 40 heavy (non-hydrogen) atoms. The van der Waals surface area contributed by atoms with Gasteiger partial charge in [-0.1, -0.05) is 84.9 Å². The largest absolute Gasteiger partial charge is 0.309 e. The van der Waals surface area contributed by atoms with Gasteiger partial charge in [-0.3, -0.25) is 0 Å². The number of rotatable bonds is 2. The molecule has 0 saturated carbocycles. The van der Waals surface area contributed by atoms with Crippen molar-refractivity contribution in [3.05, 3.63) is 146 Å². The Labute approximate surface area is 230 Å². The minimum Gasteiger partial charge on any atom is -0.309 e. The van der Waals surface area contributed by atoms with E-state index in [1.807, 2.05) is 0 Å². The van der Waals surface area contributed by atoms with Gasteiger partial charge in [0, 0.05) is 32.9 Å². The summed E-state index contributed by atoms with van der Waals surface area (Å²) in [7, 11) is 0. The SMILES string of the molecule is c1ccc(-n2c3ccccc3c3cc4cc5c(cc4cc32)c2ccccc2n5-c2ccc3ccccc3c2)cc1. The van der Waals surface area contributed by atoms with Crippen molar-refractivity contribution in [3.8, 4) is 11.4 Å². The summed E-state index contributed by atoms with van der Waals surface area (Å²) >= 11 is 0. The zero-order valence-corrected chi connectivity index (χ0v) is 21.8. The first-order valence-corrected chi connectivity index (χ1v) is 13.8. The van der Waals surface area contributed by atoms with Gasteiger partial charge in [0.15, 0.2) is 0 Å². The molecule has 2 aromatic heterocycles. The third-order valence-electron chi connectivity index (χ3n) is 8.43. The molecule has 0 N–H and O–H groups in total. The molecule has 0 amide bonds. The molecule has 0 bridgehead atoms. The van der Waals surface area contributed by atoms with E-state index in [4.69, 9.17) is 0 Å². The lowest BCUT2D eigenvalue weighted by Crippen LogP contribution is -1.94. The second kappa shape index (κ2) is 8.08. The van der Waals surface area contributed by atoms with Gasteiger partial charge in [0.25, 0.3) is 0 Å². The van der Waals surface area contributed by atoms with E-state index in [9.17, 15) is 0 Å². The predicted molar refractivity (Wildman–Crippen MR) is 170 cm³/mol. The fourth-order valence-corrected chi connectivity index (χ4v) is 6.63. The van der Waals surface area contributed by atoms with Gasteiger partial charge in [0.2, 0.25) is 0 Å². The first kappa shape index (κ1) is 21.6. The number of aromatic nitrogens is 2. The van der Waals surface area contributed by atoms with Crippen LogP contribution in [0.1, 0.15) is 0 Å². The van der Waals surface area contributed by atoms with E-state index in [0.717, 1.165) is 0 Å². The molecule has 0 radical (unpaired) electrons. The van der Waals surface area contributed by atoms with Gasteiger partial charge in [-0.15, -0.1) is 0 Å². The predicted octanol–water partition coefficient (Wildman–Crippen LogP) is 10.2. The standard InChI is InChI=1S/C38H24N2/c1-2-12-29(13-3-1)39-35-16-8-6-14-31(35)33-21-28-24-38-34(22-27(28)23-37(33)39)32-15-7-9-17-36(32)40(38)30-19-18-25-10-4-5-11-26(25)20-30/h1-24H. The van der Waals surface area contributed by atoms with Crippen molar-refractivity contribution in [1.29, 1.82) is 0 Å². The van der Waals surface area contributed by atoms with E-state index in [-0.39, 0.29) is 0 Å². The van der Waals surface area contributed by atoms with Crippen LogP contribution in [0.3, 0.4) is 0 Å². The van der Waals surface area contributed by atoms with E-state index >= 15 is 0 Å². The van der Waals surface area contributed by atoms with Crippen molar-refractivity contribution < 1.29 is 0 Å². The molecular weight excluding hydrogens is 484 g/mol. The van der Waals surface area contributed by atoms with Crippen molar-refractivity contribution in [3.63, 3.8) is 0 Å². The van der Waals surface area contributed by atoms with Gasteiger partial charge in [0.1, 0.15) is 0 Å². The summed E-state index contributed by atoms with van der Waals surface area (Å²) in [5.41, 5.74) is 7.29. The molecule has 9 aromatic rings. The second-order valence-corrected chi connectivity index (χ2v) is 10.7. The Kier molecular flexibility index (Phi) is 4.36. The van der Waals surface area contributed by atoms with Gasteiger partial charge in [-0.25, -0.2) is 0 Å². The summed E-state index contributed by atoms with van der Waals surface area (Å²) in [5, 5.41) is 10.1. The van der Waals surface area contributed by atoms with Crippen LogP contribution in [-0.4, -0.2) is 9.13 Å². The lowest BCUT2D eigenvalue weighted by molar-refractivity contribution is 1.18. The van der Waals surface area contributed by atoms with E-state index in [0.29, 0.717) is 0 Å². The summed E-state index contributed by atoms with van der Waals surface area (Å²) in [4.78, 5) is 0. The van der Waals surface area contributed by atoms with E-state index in [2.05, 4.69) is 155 Å². The number of benzene rings is 7. The van der Waals surface area contributed by atoms with Crippen molar-refractivity contribution in [2.45, 2.75) is 0 Å². The monoisotopic (exact) mass is 508 g/mol. The lowest BCUT2D eigenvalue weighted by atomic mass is 10.0. The van der Waals surface area contributed by atoms with Crippen molar-refractivity contribution in [2.24, 2.45) is 0 Å². The summed E-state index contributed by atoms with van der Waals surface area (Å²) in [5.74, 6) is 0. The quantitative estimate of drug-likeness (QED) is 0.220. The van der Waals surface area contributed by atoms with E-state index in [1.54, 1.807) is 0 Å². The number of hydrogen-bond donors (Lipinski definition) is 0. The second-order valence-electron chi connectivity index (χ2n) is 10.7. The molecule has 0 unspecified atom stereocenters. The Morgan fingerprint density at radius 1 is 0.275 bits per heavy atom. The Bertz CT molecular complexity index is 2420. The Morgan fingerprint density at radius 3 is 1.45 bits per heavy atom. The van der Waals surface area contributed by atoms with Crippen molar-refractivity contribution in [2.75, 3.05) is 0 Å². The van der Waals surface area contributed by atoms with Crippen LogP contribution >= 0.6 is 0 Å². The van der Waals surface area contributed by atoms with Crippen LogP contribution in [0.2, 0.25) is 0 Å². The highest BCUT2D eigenvalue weighted by Crippen LogP contribution is 2.39. The molecule has 0 aliphatic carbocycles. The first-order chi connectivity index (χ1) is 19.8. The molecule has 186 valence electrons. The molecule has 0 atom stereocenters. The van der Waals surface area contributed by atoms with Gasteiger partial charge in [-0.05, 0) is 82.2 Å². The van der Waals surface area contributed by atoms with Crippen LogP contribution in [-0.2, 0) is 0 Å². The molecule has 2 heteroatoms. The van der Waals surface area contributed by atoms with E-state index < -0.39 is 0 Å². The third kappa shape index (κ3) is 2.99. The Balaban J connectivity index is 1.40. The van der Waals surface area contributed by atoms with Crippen molar-refractivity contribution in [1.82, 2.24) is 9.13 Å². The minimum absolute atomic E-state index is 1.18. The highest BCUT2D eigenvalue weighted by molar-refractivity contribution is 6.18. The molecule has 0 aliphatic rings. The van der Waals surface area contributed by atoms with Crippen LogP contribution in [0, 0.1) is 0 Å². The molecule has 2 heterocycles. The van der Waals surface area contributed by atoms with Gasteiger partial charge in [-0.2, -0.15) is 0 Å². The van der Waals surface area contributed by atoms with Gasteiger partial charge < -0.3 is 9.13 Å². The molecule has 2 nitrogen and oxygen atoms in total. The average molecular weight is 509 g/mol. The number of fused-ring (bicyclic) bond motifs is 8. The highest BCUT2D eigenvalue weighted by atomic mass is 15.0. The Hall–Kier alpha value is -5.34. The minimum atomic E-state index is 1.18. The Morgan fingerprint density at radius 2 is 0.800 bits per heavy atom. The smallest absolute Gasteiger partial charge is 0.0547 e.